The minimum atomic E-state index is 0.0564. The van der Waals surface area contributed by atoms with Gasteiger partial charge in [-0.2, -0.15) is 0 Å². The zero-order valence-electron chi connectivity index (χ0n) is 14.8. The minimum Gasteiger partial charge on any atom is -0.339 e. The number of benzene rings is 1. The van der Waals surface area contributed by atoms with Gasteiger partial charge in [0.05, 0.1) is 0 Å². The average Bonchev–Trinajstić information content (AvgIpc) is 2.62. The maximum atomic E-state index is 12.5. The van der Waals surface area contributed by atoms with Crippen LogP contribution in [0, 0.1) is 5.92 Å². The number of allylic oxidation sites excluding steroid dienone is 2. The zero-order valence-corrected chi connectivity index (χ0v) is 14.8. The fourth-order valence-corrected chi connectivity index (χ4v) is 3.01. The molecule has 1 aliphatic carbocycles. The third kappa shape index (κ3) is 4.95. The molecule has 0 spiro atoms. The maximum absolute atomic E-state index is 12.5. The van der Waals surface area contributed by atoms with E-state index in [1.807, 2.05) is 17.0 Å². The molecule has 2 rings (SSSR count). The molecule has 4 heteroatoms. The summed E-state index contributed by atoms with van der Waals surface area (Å²) in [6, 6.07) is 7.24. The van der Waals surface area contributed by atoms with Crippen molar-refractivity contribution in [2.75, 3.05) is 18.4 Å². The zero-order chi connectivity index (χ0) is 17.4. The lowest BCUT2D eigenvalue weighted by molar-refractivity contribution is -0.120. The van der Waals surface area contributed by atoms with Crippen molar-refractivity contribution in [3.63, 3.8) is 0 Å². The van der Waals surface area contributed by atoms with Gasteiger partial charge in [-0.1, -0.05) is 26.0 Å². The second kappa shape index (κ2) is 9.26. The Kier molecular flexibility index (Phi) is 7.04. The molecule has 1 atom stereocenters. The molecular weight excluding hydrogens is 300 g/mol. The molecule has 24 heavy (non-hydrogen) atoms. The van der Waals surface area contributed by atoms with Gasteiger partial charge in [0, 0.05) is 30.3 Å². The third-order valence-corrected chi connectivity index (χ3v) is 4.31. The summed E-state index contributed by atoms with van der Waals surface area (Å²) in [6.45, 7) is 5.71. The third-order valence-electron chi connectivity index (χ3n) is 4.31. The Morgan fingerprint density at radius 1 is 1.08 bits per heavy atom. The maximum Gasteiger partial charge on any atom is 0.253 e. The van der Waals surface area contributed by atoms with Crippen molar-refractivity contribution in [1.29, 1.82) is 0 Å². The van der Waals surface area contributed by atoms with Gasteiger partial charge in [-0.15, -0.1) is 0 Å². The van der Waals surface area contributed by atoms with Crippen LogP contribution in [0.3, 0.4) is 0 Å². The van der Waals surface area contributed by atoms with E-state index >= 15 is 0 Å². The van der Waals surface area contributed by atoms with Crippen LogP contribution in [0.4, 0.5) is 5.69 Å². The molecule has 0 fully saturated rings. The molecular formula is C20H28N2O2. The van der Waals surface area contributed by atoms with E-state index in [1.165, 1.54) is 0 Å². The number of nitrogens with one attached hydrogen (secondary N) is 1. The van der Waals surface area contributed by atoms with Crippen molar-refractivity contribution in [2.24, 2.45) is 5.92 Å². The van der Waals surface area contributed by atoms with E-state index in [0.29, 0.717) is 5.56 Å². The largest absolute Gasteiger partial charge is 0.339 e. The highest BCUT2D eigenvalue weighted by molar-refractivity contribution is 5.96. The average molecular weight is 328 g/mol. The summed E-state index contributed by atoms with van der Waals surface area (Å²) in [6.07, 6.45) is 8.79. The van der Waals surface area contributed by atoms with Crippen LogP contribution in [0.2, 0.25) is 0 Å². The highest BCUT2D eigenvalue weighted by Crippen LogP contribution is 2.20. The first-order valence-corrected chi connectivity index (χ1v) is 9.00. The molecule has 1 aromatic rings. The minimum absolute atomic E-state index is 0.0564. The Labute approximate surface area is 144 Å². The summed E-state index contributed by atoms with van der Waals surface area (Å²) in [7, 11) is 0. The van der Waals surface area contributed by atoms with Crippen molar-refractivity contribution in [3.8, 4) is 0 Å². The first-order valence-electron chi connectivity index (χ1n) is 9.00. The van der Waals surface area contributed by atoms with Gasteiger partial charge >= 0.3 is 0 Å². The van der Waals surface area contributed by atoms with Crippen LogP contribution in [-0.2, 0) is 4.79 Å². The molecule has 1 aliphatic rings. The SMILES string of the molecule is CCCN(CCC)C(=O)c1ccc(NC(=O)C2CC=CCC2)cc1. The van der Waals surface area contributed by atoms with Crippen LogP contribution in [0.15, 0.2) is 36.4 Å². The van der Waals surface area contributed by atoms with Crippen LogP contribution in [0.5, 0.6) is 0 Å². The molecule has 0 radical (unpaired) electrons. The standard InChI is InChI=1S/C20H28N2O2/c1-3-14-22(15-4-2)20(24)17-10-12-18(13-11-17)21-19(23)16-8-6-5-7-9-16/h5-6,10-13,16H,3-4,7-9,14-15H2,1-2H3,(H,21,23). The molecule has 1 unspecified atom stereocenters. The molecule has 0 saturated heterocycles. The fourth-order valence-electron chi connectivity index (χ4n) is 3.01. The summed E-state index contributed by atoms with van der Waals surface area (Å²) in [5.74, 6) is 0.187. The van der Waals surface area contributed by atoms with E-state index in [2.05, 4.69) is 31.3 Å². The Balaban J connectivity index is 1.97. The number of rotatable bonds is 7. The van der Waals surface area contributed by atoms with Crippen molar-refractivity contribution < 1.29 is 9.59 Å². The molecule has 4 nitrogen and oxygen atoms in total. The molecule has 1 aromatic carbocycles. The number of hydrogen-bond donors (Lipinski definition) is 1. The molecule has 0 aliphatic heterocycles. The number of anilines is 1. The van der Waals surface area contributed by atoms with Crippen LogP contribution >= 0.6 is 0 Å². The van der Waals surface area contributed by atoms with Gasteiger partial charge in [-0.05, 0) is 56.4 Å². The molecule has 0 aromatic heterocycles. The Hall–Kier alpha value is -2.10. The number of carbonyl (C=O) groups is 2. The van der Waals surface area contributed by atoms with Crippen LogP contribution in [0.25, 0.3) is 0 Å². The predicted octanol–water partition coefficient (Wildman–Crippen LogP) is 4.24. The number of hydrogen-bond acceptors (Lipinski definition) is 2. The molecule has 0 heterocycles. The smallest absolute Gasteiger partial charge is 0.253 e. The summed E-state index contributed by atoms with van der Waals surface area (Å²) < 4.78 is 0. The molecule has 0 bridgehead atoms. The first kappa shape index (κ1) is 18.2. The lowest BCUT2D eigenvalue weighted by Gasteiger charge is -2.21. The summed E-state index contributed by atoms with van der Waals surface area (Å²) >= 11 is 0. The van der Waals surface area contributed by atoms with E-state index in [0.717, 1.165) is 50.9 Å². The second-order valence-corrected chi connectivity index (χ2v) is 6.34. The van der Waals surface area contributed by atoms with E-state index in [1.54, 1.807) is 12.1 Å². The number of carbonyl (C=O) groups excluding carboxylic acids is 2. The summed E-state index contributed by atoms with van der Waals surface area (Å²) in [5.41, 5.74) is 1.43. The predicted molar refractivity (Wildman–Crippen MR) is 98.0 cm³/mol. The molecule has 0 saturated carbocycles. The van der Waals surface area contributed by atoms with Gasteiger partial charge in [-0.25, -0.2) is 0 Å². The van der Waals surface area contributed by atoms with Crippen molar-refractivity contribution >= 4 is 17.5 Å². The topological polar surface area (TPSA) is 49.4 Å². The Bertz CT molecular complexity index is 572. The highest BCUT2D eigenvalue weighted by atomic mass is 16.2. The lowest BCUT2D eigenvalue weighted by Crippen LogP contribution is -2.32. The summed E-state index contributed by atoms with van der Waals surface area (Å²) in [5, 5.41) is 2.96. The van der Waals surface area contributed by atoms with Crippen molar-refractivity contribution in [1.82, 2.24) is 4.90 Å². The van der Waals surface area contributed by atoms with Crippen LogP contribution in [0.1, 0.15) is 56.3 Å². The van der Waals surface area contributed by atoms with E-state index in [9.17, 15) is 9.59 Å². The van der Waals surface area contributed by atoms with Gasteiger partial charge < -0.3 is 10.2 Å². The second-order valence-electron chi connectivity index (χ2n) is 6.34. The number of nitrogens with zero attached hydrogens (tertiary/aromatic N) is 1. The highest BCUT2D eigenvalue weighted by Gasteiger charge is 2.19. The van der Waals surface area contributed by atoms with E-state index in [4.69, 9.17) is 0 Å². The Morgan fingerprint density at radius 3 is 2.29 bits per heavy atom. The van der Waals surface area contributed by atoms with Gasteiger partial charge in [0.25, 0.3) is 5.91 Å². The van der Waals surface area contributed by atoms with E-state index < -0.39 is 0 Å². The quantitative estimate of drug-likeness (QED) is 0.761. The molecule has 1 N–H and O–H groups in total. The fraction of sp³-hybridized carbons (Fsp3) is 0.500. The monoisotopic (exact) mass is 328 g/mol. The van der Waals surface area contributed by atoms with Gasteiger partial charge in [0.1, 0.15) is 0 Å². The normalized spacial score (nSPS) is 16.7. The molecule has 130 valence electrons. The van der Waals surface area contributed by atoms with Gasteiger partial charge in [-0.3, -0.25) is 9.59 Å². The Morgan fingerprint density at radius 2 is 1.75 bits per heavy atom. The van der Waals surface area contributed by atoms with Crippen molar-refractivity contribution in [3.05, 3.63) is 42.0 Å². The van der Waals surface area contributed by atoms with Gasteiger partial charge in [0.15, 0.2) is 0 Å². The first-order chi connectivity index (χ1) is 11.7. The van der Waals surface area contributed by atoms with Crippen molar-refractivity contribution in [2.45, 2.75) is 46.0 Å². The van der Waals surface area contributed by atoms with E-state index in [-0.39, 0.29) is 17.7 Å². The van der Waals surface area contributed by atoms with Crippen LogP contribution in [-0.4, -0.2) is 29.8 Å². The van der Waals surface area contributed by atoms with Crippen LogP contribution < -0.4 is 5.32 Å². The molecule has 2 amide bonds. The van der Waals surface area contributed by atoms with Gasteiger partial charge in [0.2, 0.25) is 5.91 Å². The number of amides is 2. The lowest BCUT2D eigenvalue weighted by atomic mass is 9.93. The summed E-state index contributed by atoms with van der Waals surface area (Å²) in [4.78, 5) is 26.7.